The van der Waals surface area contributed by atoms with Crippen molar-refractivity contribution in [2.24, 2.45) is 0 Å². The lowest BCUT2D eigenvalue weighted by molar-refractivity contribution is -0.121. The Bertz CT molecular complexity index is 1000. The zero-order valence-electron chi connectivity index (χ0n) is 17.6. The van der Waals surface area contributed by atoms with Crippen LogP contribution in [0, 0.1) is 6.92 Å². The number of aryl methyl sites for hydroxylation is 1. The van der Waals surface area contributed by atoms with E-state index in [1.807, 2.05) is 25.1 Å². The van der Waals surface area contributed by atoms with Crippen molar-refractivity contribution in [1.82, 2.24) is 15.2 Å². The smallest absolute Gasteiger partial charge is 0.261 e. The number of hydrogen-bond donors (Lipinski definition) is 1. The summed E-state index contributed by atoms with van der Waals surface area (Å²) in [5.41, 5.74) is 2.80. The largest absolute Gasteiger partial charge is 0.378 e. The SMILES string of the molecule is Cc1ccc2c(c1)C(=O)N(CCCC(=O)NCc1ccnc(N3CCOCC3)c1)C2=O. The van der Waals surface area contributed by atoms with Crippen LogP contribution in [0.2, 0.25) is 0 Å². The number of imide groups is 1. The number of morpholine rings is 1. The summed E-state index contributed by atoms with van der Waals surface area (Å²) in [5.74, 6) is 0.206. The quantitative estimate of drug-likeness (QED) is 0.686. The summed E-state index contributed by atoms with van der Waals surface area (Å²) in [6, 6.07) is 9.11. The van der Waals surface area contributed by atoms with Crippen molar-refractivity contribution in [2.75, 3.05) is 37.7 Å². The number of ether oxygens (including phenoxy) is 1. The van der Waals surface area contributed by atoms with E-state index in [2.05, 4.69) is 15.2 Å². The molecule has 31 heavy (non-hydrogen) atoms. The number of nitrogens with one attached hydrogen (secondary N) is 1. The van der Waals surface area contributed by atoms with E-state index in [9.17, 15) is 14.4 Å². The third kappa shape index (κ3) is 4.74. The molecule has 0 bridgehead atoms. The van der Waals surface area contributed by atoms with Crippen molar-refractivity contribution in [3.8, 4) is 0 Å². The molecule has 2 aliphatic rings. The molecule has 162 valence electrons. The number of benzene rings is 1. The third-order valence-electron chi connectivity index (χ3n) is 5.55. The Kier molecular flexibility index (Phi) is 6.27. The number of carbonyl (C=O) groups is 3. The van der Waals surface area contributed by atoms with E-state index in [1.165, 1.54) is 4.90 Å². The van der Waals surface area contributed by atoms with E-state index < -0.39 is 0 Å². The molecule has 1 aromatic carbocycles. The highest BCUT2D eigenvalue weighted by Crippen LogP contribution is 2.24. The second-order valence-electron chi connectivity index (χ2n) is 7.81. The minimum absolute atomic E-state index is 0.114. The van der Waals surface area contributed by atoms with Crippen molar-refractivity contribution >= 4 is 23.5 Å². The van der Waals surface area contributed by atoms with Gasteiger partial charge >= 0.3 is 0 Å². The van der Waals surface area contributed by atoms with Crippen LogP contribution in [-0.4, -0.2) is 60.5 Å². The number of anilines is 1. The van der Waals surface area contributed by atoms with E-state index in [0.29, 0.717) is 37.3 Å². The maximum absolute atomic E-state index is 12.5. The Morgan fingerprint density at radius 3 is 2.68 bits per heavy atom. The first-order chi connectivity index (χ1) is 15.0. The third-order valence-corrected chi connectivity index (χ3v) is 5.55. The summed E-state index contributed by atoms with van der Waals surface area (Å²) in [7, 11) is 0. The van der Waals surface area contributed by atoms with E-state index in [1.54, 1.807) is 18.3 Å². The normalized spacial score (nSPS) is 15.9. The molecular formula is C23H26N4O4. The maximum Gasteiger partial charge on any atom is 0.261 e. The number of hydrogen-bond acceptors (Lipinski definition) is 6. The molecule has 8 nitrogen and oxygen atoms in total. The Labute approximate surface area is 181 Å². The van der Waals surface area contributed by atoms with Gasteiger partial charge in [-0.05, 0) is 43.2 Å². The maximum atomic E-state index is 12.5. The zero-order valence-corrected chi connectivity index (χ0v) is 17.6. The molecule has 0 aliphatic carbocycles. The van der Waals surface area contributed by atoms with Gasteiger partial charge in [0.2, 0.25) is 5.91 Å². The van der Waals surface area contributed by atoms with Gasteiger partial charge in [-0.25, -0.2) is 4.98 Å². The molecule has 4 rings (SSSR count). The van der Waals surface area contributed by atoms with Gasteiger partial charge in [-0.15, -0.1) is 0 Å². The highest BCUT2D eigenvalue weighted by atomic mass is 16.5. The number of nitrogens with zero attached hydrogens (tertiary/aromatic N) is 3. The van der Waals surface area contributed by atoms with Crippen molar-refractivity contribution in [3.63, 3.8) is 0 Å². The fraction of sp³-hybridized carbons (Fsp3) is 0.391. The summed E-state index contributed by atoms with van der Waals surface area (Å²) in [6.45, 7) is 5.52. The van der Waals surface area contributed by atoms with Crippen molar-refractivity contribution in [3.05, 3.63) is 58.8 Å². The second kappa shape index (κ2) is 9.26. The predicted octanol–water partition coefficient (Wildman–Crippen LogP) is 1.92. The zero-order chi connectivity index (χ0) is 21.8. The fourth-order valence-corrected chi connectivity index (χ4v) is 3.83. The van der Waals surface area contributed by atoms with Crippen LogP contribution < -0.4 is 10.2 Å². The van der Waals surface area contributed by atoms with Crippen LogP contribution in [-0.2, 0) is 16.1 Å². The molecule has 0 spiro atoms. The monoisotopic (exact) mass is 422 g/mol. The van der Waals surface area contributed by atoms with Gasteiger partial charge < -0.3 is 15.0 Å². The molecule has 1 aromatic heterocycles. The Morgan fingerprint density at radius 2 is 1.87 bits per heavy atom. The van der Waals surface area contributed by atoms with Gasteiger partial charge in [-0.1, -0.05) is 11.6 Å². The summed E-state index contributed by atoms with van der Waals surface area (Å²) in [6.07, 6.45) is 2.41. The van der Waals surface area contributed by atoms with Crippen LogP contribution in [0.4, 0.5) is 5.82 Å². The number of amides is 3. The van der Waals surface area contributed by atoms with Gasteiger partial charge in [0.05, 0.1) is 24.3 Å². The first kappa shape index (κ1) is 21.0. The Morgan fingerprint density at radius 1 is 1.10 bits per heavy atom. The molecule has 0 unspecified atom stereocenters. The average Bonchev–Trinajstić information content (AvgIpc) is 3.02. The molecular weight excluding hydrogens is 396 g/mol. The molecule has 3 heterocycles. The van der Waals surface area contributed by atoms with Crippen LogP contribution in [0.15, 0.2) is 36.5 Å². The van der Waals surface area contributed by atoms with Crippen molar-refractivity contribution in [2.45, 2.75) is 26.3 Å². The van der Waals surface area contributed by atoms with Gasteiger partial charge in [0.25, 0.3) is 11.8 Å². The van der Waals surface area contributed by atoms with Crippen LogP contribution in [0.3, 0.4) is 0 Å². The molecule has 2 aliphatic heterocycles. The number of fused-ring (bicyclic) bond motifs is 1. The summed E-state index contributed by atoms with van der Waals surface area (Å²) >= 11 is 0. The molecule has 0 saturated carbocycles. The number of carbonyl (C=O) groups excluding carboxylic acids is 3. The molecule has 1 saturated heterocycles. The van der Waals surface area contributed by atoms with Gasteiger partial charge in [-0.2, -0.15) is 0 Å². The summed E-state index contributed by atoms with van der Waals surface area (Å²) in [4.78, 5) is 45.0. The first-order valence-corrected chi connectivity index (χ1v) is 10.5. The van der Waals surface area contributed by atoms with Crippen LogP contribution in [0.1, 0.15) is 44.7 Å². The summed E-state index contributed by atoms with van der Waals surface area (Å²) < 4.78 is 5.37. The lowest BCUT2D eigenvalue weighted by atomic mass is 10.1. The van der Waals surface area contributed by atoms with Crippen LogP contribution in [0.25, 0.3) is 0 Å². The van der Waals surface area contributed by atoms with Gasteiger partial charge in [-0.3, -0.25) is 19.3 Å². The lowest BCUT2D eigenvalue weighted by Crippen LogP contribution is -2.36. The van der Waals surface area contributed by atoms with Crippen molar-refractivity contribution < 1.29 is 19.1 Å². The molecule has 0 radical (unpaired) electrons. The standard InChI is InChI=1S/C23H26N4O4/c1-16-4-5-18-19(13-16)23(30)27(22(18)29)8-2-3-21(28)25-15-17-6-7-24-20(14-17)26-9-11-31-12-10-26/h4-7,13-14H,2-3,8-12,15H2,1H3,(H,25,28). The van der Waals surface area contributed by atoms with E-state index in [-0.39, 0.29) is 30.7 Å². The second-order valence-corrected chi connectivity index (χ2v) is 7.81. The molecule has 1 N–H and O–H groups in total. The van der Waals surface area contributed by atoms with Crippen LogP contribution >= 0.6 is 0 Å². The minimum atomic E-state index is -0.284. The molecule has 3 amide bonds. The first-order valence-electron chi connectivity index (χ1n) is 10.5. The lowest BCUT2D eigenvalue weighted by Gasteiger charge is -2.28. The topological polar surface area (TPSA) is 91.8 Å². The van der Waals surface area contributed by atoms with Gasteiger partial charge in [0.1, 0.15) is 5.82 Å². The predicted molar refractivity (Wildman–Crippen MR) is 115 cm³/mol. The summed E-state index contributed by atoms with van der Waals surface area (Å²) in [5, 5.41) is 2.90. The van der Waals surface area contributed by atoms with Gasteiger partial charge in [0, 0.05) is 38.8 Å². The van der Waals surface area contributed by atoms with Gasteiger partial charge in [0.15, 0.2) is 0 Å². The highest BCUT2D eigenvalue weighted by molar-refractivity contribution is 6.21. The Balaban J connectivity index is 1.24. The highest BCUT2D eigenvalue weighted by Gasteiger charge is 2.34. The molecule has 8 heteroatoms. The number of pyridine rings is 1. The number of aromatic nitrogens is 1. The fourth-order valence-electron chi connectivity index (χ4n) is 3.83. The average molecular weight is 422 g/mol. The minimum Gasteiger partial charge on any atom is -0.378 e. The van der Waals surface area contributed by atoms with Crippen molar-refractivity contribution in [1.29, 1.82) is 0 Å². The van der Waals surface area contributed by atoms with Crippen LogP contribution in [0.5, 0.6) is 0 Å². The number of rotatable bonds is 7. The molecule has 0 atom stereocenters. The Hall–Kier alpha value is -3.26. The molecule has 2 aromatic rings. The van der Waals surface area contributed by atoms with E-state index >= 15 is 0 Å². The van der Waals surface area contributed by atoms with E-state index in [0.717, 1.165) is 30.0 Å². The van der Waals surface area contributed by atoms with E-state index in [4.69, 9.17) is 4.74 Å². The molecule has 1 fully saturated rings.